The highest BCUT2D eigenvalue weighted by Gasteiger charge is 2.33. The molecule has 0 bridgehead atoms. The van der Waals surface area contributed by atoms with E-state index in [1.54, 1.807) is 19.2 Å². The van der Waals surface area contributed by atoms with Crippen LogP contribution in [0, 0.1) is 0 Å². The highest BCUT2D eigenvalue weighted by Crippen LogP contribution is 2.34. The van der Waals surface area contributed by atoms with E-state index in [0.717, 1.165) is 23.8 Å². The van der Waals surface area contributed by atoms with E-state index in [0.29, 0.717) is 17.0 Å². The van der Waals surface area contributed by atoms with E-state index < -0.39 is 29.8 Å². The van der Waals surface area contributed by atoms with E-state index in [2.05, 4.69) is 15.6 Å². The normalized spacial score (nSPS) is 15.8. The van der Waals surface area contributed by atoms with Gasteiger partial charge in [-0.1, -0.05) is 60.1 Å². The Balaban J connectivity index is 1.67. The number of halogens is 4. The molecule has 0 saturated heterocycles. The number of anilines is 2. The summed E-state index contributed by atoms with van der Waals surface area (Å²) in [5, 5.41) is 4.63. The fraction of sp³-hybridized carbons (Fsp3) is 0.125. The van der Waals surface area contributed by atoms with Gasteiger partial charge in [0.1, 0.15) is 0 Å². The average Bonchev–Trinajstić information content (AvgIpc) is 2.91. The Hall–Kier alpha value is -3.85. The van der Waals surface area contributed by atoms with E-state index in [1.807, 2.05) is 42.5 Å². The van der Waals surface area contributed by atoms with Crippen LogP contribution < -0.4 is 15.5 Å². The van der Waals surface area contributed by atoms with Crippen molar-refractivity contribution in [3.63, 3.8) is 0 Å². The van der Waals surface area contributed by atoms with Gasteiger partial charge in [0.15, 0.2) is 0 Å². The van der Waals surface area contributed by atoms with Gasteiger partial charge in [-0.05, 0) is 24.3 Å². The van der Waals surface area contributed by atoms with E-state index in [4.69, 9.17) is 11.6 Å². The molecule has 3 aromatic carbocycles. The van der Waals surface area contributed by atoms with Crippen molar-refractivity contribution in [2.45, 2.75) is 12.3 Å². The monoisotopic (exact) mass is 486 g/mol. The van der Waals surface area contributed by atoms with Gasteiger partial charge < -0.3 is 15.5 Å². The highest BCUT2D eigenvalue weighted by molar-refractivity contribution is 6.33. The molecule has 0 aromatic heterocycles. The maximum absolute atomic E-state index is 13.1. The number of urea groups is 1. The maximum Gasteiger partial charge on any atom is 0.416 e. The summed E-state index contributed by atoms with van der Waals surface area (Å²) in [6.45, 7) is 0. The average molecular weight is 487 g/mol. The van der Waals surface area contributed by atoms with Crippen LogP contribution in [0.3, 0.4) is 0 Å². The van der Waals surface area contributed by atoms with Crippen LogP contribution in [0.5, 0.6) is 0 Å². The molecule has 3 amide bonds. The Morgan fingerprint density at radius 3 is 2.41 bits per heavy atom. The van der Waals surface area contributed by atoms with Crippen LogP contribution in [0.1, 0.15) is 16.7 Å². The van der Waals surface area contributed by atoms with Crippen LogP contribution in [0.15, 0.2) is 77.8 Å². The third-order valence-corrected chi connectivity index (χ3v) is 5.53. The van der Waals surface area contributed by atoms with Gasteiger partial charge in [0, 0.05) is 18.2 Å². The Bertz CT molecular complexity index is 1280. The first-order chi connectivity index (χ1) is 16.1. The zero-order chi connectivity index (χ0) is 24.5. The number of fused-ring (bicyclic) bond motifs is 1. The number of carbonyl (C=O) groups excluding carboxylic acids is 2. The van der Waals surface area contributed by atoms with Gasteiger partial charge in [0.25, 0.3) is 5.91 Å². The third-order valence-electron chi connectivity index (χ3n) is 5.20. The number of hydrogen-bond acceptors (Lipinski definition) is 3. The number of benzodiazepines with no additional fused rings is 1. The SMILES string of the molecule is CN1C(=O)[C@@H](NC(=O)Nc2cc(C(F)(F)F)ccc2Cl)N=C(c2ccccc2)c2ccccc21. The van der Waals surface area contributed by atoms with Crippen molar-refractivity contribution < 1.29 is 22.8 Å². The van der Waals surface area contributed by atoms with Crippen LogP contribution >= 0.6 is 11.6 Å². The number of amides is 3. The molecular formula is C24H18ClF3N4O2. The third kappa shape index (κ3) is 4.74. The molecule has 6 nitrogen and oxygen atoms in total. The fourth-order valence-corrected chi connectivity index (χ4v) is 3.69. The summed E-state index contributed by atoms with van der Waals surface area (Å²) < 4.78 is 39.1. The molecule has 3 aromatic rings. The van der Waals surface area contributed by atoms with Crippen LogP contribution in [-0.2, 0) is 11.0 Å². The minimum atomic E-state index is -4.61. The lowest BCUT2D eigenvalue weighted by Gasteiger charge is -2.21. The molecule has 1 aliphatic rings. The lowest BCUT2D eigenvalue weighted by molar-refractivity contribution is -0.137. The van der Waals surface area contributed by atoms with E-state index in [9.17, 15) is 22.8 Å². The van der Waals surface area contributed by atoms with Crippen molar-refractivity contribution in [1.29, 1.82) is 0 Å². The first-order valence-corrected chi connectivity index (χ1v) is 10.5. The Morgan fingerprint density at radius 2 is 1.71 bits per heavy atom. The number of carbonyl (C=O) groups is 2. The number of alkyl halides is 3. The molecule has 0 fully saturated rings. The molecule has 34 heavy (non-hydrogen) atoms. The summed E-state index contributed by atoms with van der Waals surface area (Å²) >= 11 is 5.96. The molecule has 0 aliphatic carbocycles. The van der Waals surface area contributed by atoms with E-state index in [1.165, 1.54) is 4.90 Å². The van der Waals surface area contributed by atoms with Crippen molar-refractivity contribution >= 4 is 40.6 Å². The summed E-state index contributed by atoms with van der Waals surface area (Å²) in [6, 6.07) is 17.9. The molecule has 0 spiro atoms. The predicted molar refractivity (Wildman–Crippen MR) is 124 cm³/mol. The molecule has 1 atom stereocenters. The lowest BCUT2D eigenvalue weighted by atomic mass is 10.0. The minimum Gasteiger partial charge on any atom is -0.311 e. The smallest absolute Gasteiger partial charge is 0.311 e. The molecule has 0 radical (unpaired) electrons. The summed E-state index contributed by atoms with van der Waals surface area (Å²) in [4.78, 5) is 31.7. The van der Waals surface area contributed by atoms with Crippen molar-refractivity contribution in [2.75, 3.05) is 17.3 Å². The van der Waals surface area contributed by atoms with Crippen LogP contribution in [0.2, 0.25) is 5.02 Å². The summed E-state index contributed by atoms with van der Waals surface area (Å²) in [6.07, 6.45) is -5.95. The zero-order valence-corrected chi connectivity index (χ0v) is 18.5. The number of nitrogens with one attached hydrogen (secondary N) is 2. The van der Waals surface area contributed by atoms with Crippen molar-refractivity contribution in [3.05, 3.63) is 94.5 Å². The summed E-state index contributed by atoms with van der Waals surface area (Å²) in [5.74, 6) is -0.524. The number of rotatable bonds is 3. The molecule has 174 valence electrons. The molecule has 1 aliphatic heterocycles. The zero-order valence-electron chi connectivity index (χ0n) is 17.7. The van der Waals surface area contributed by atoms with Crippen LogP contribution in [-0.4, -0.2) is 30.9 Å². The van der Waals surface area contributed by atoms with Gasteiger partial charge >= 0.3 is 12.2 Å². The number of nitrogens with zero attached hydrogens (tertiary/aromatic N) is 2. The second kappa shape index (κ2) is 9.18. The maximum atomic E-state index is 13.1. The molecular weight excluding hydrogens is 469 g/mol. The predicted octanol–water partition coefficient (Wildman–Crippen LogP) is 5.32. The number of hydrogen-bond donors (Lipinski definition) is 2. The molecule has 0 saturated carbocycles. The topological polar surface area (TPSA) is 73.8 Å². The van der Waals surface area contributed by atoms with Crippen molar-refractivity contribution in [2.24, 2.45) is 4.99 Å². The largest absolute Gasteiger partial charge is 0.416 e. The van der Waals surface area contributed by atoms with E-state index in [-0.39, 0.29) is 10.7 Å². The second-order valence-corrected chi connectivity index (χ2v) is 7.86. The number of aliphatic imine (C=N–C) groups is 1. The molecule has 2 N–H and O–H groups in total. The van der Waals surface area contributed by atoms with E-state index >= 15 is 0 Å². The highest BCUT2D eigenvalue weighted by atomic mass is 35.5. The molecule has 4 rings (SSSR count). The van der Waals surface area contributed by atoms with Gasteiger partial charge in [-0.2, -0.15) is 13.2 Å². The van der Waals surface area contributed by atoms with Crippen LogP contribution in [0.25, 0.3) is 0 Å². The van der Waals surface area contributed by atoms with Crippen LogP contribution in [0.4, 0.5) is 29.3 Å². The Morgan fingerprint density at radius 1 is 1.03 bits per heavy atom. The standard InChI is InChI=1S/C24H18ClF3N4O2/c1-32-19-10-6-5-9-16(19)20(14-7-3-2-4-8-14)30-21(22(32)33)31-23(34)29-18-13-15(24(26,27)28)11-12-17(18)25/h2-13,21H,1H3,(H2,29,31,34)/t21-/m1/s1. The van der Waals surface area contributed by atoms with Gasteiger partial charge in [-0.3, -0.25) is 4.79 Å². The quantitative estimate of drug-likeness (QED) is 0.526. The first-order valence-electron chi connectivity index (χ1n) is 10.1. The second-order valence-electron chi connectivity index (χ2n) is 7.45. The van der Waals surface area contributed by atoms with Gasteiger partial charge in [-0.15, -0.1) is 0 Å². The number of benzene rings is 3. The van der Waals surface area contributed by atoms with Crippen molar-refractivity contribution in [1.82, 2.24) is 5.32 Å². The van der Waals surface area contributed by atoms with Gasteiger partial charge in [0.2, 0.25) is 6.17 Å². The minimum absolute atomic E-state index is 0.0895. The summed E-state index contributed by atoms with van der Waals surface area (Å²) in [7, 11) is 1.56. The Kier molecular flexibility index (Phi) is 6.30. The number of para-hydroxylation sites is 1. The van der Waals surface area contributed by atoms with Gasteiger partial charge in [-0.25, -0.2) is 9.79 Å². The van der Waals surface area contributed by atoms with Crippen molar-refractivity contribution in [3.8, 4) is 0 Å². The number of likely N-dealkylation sites (N-methyl/N-ethyl adjacent to an activating group) is 1. The summed E-state index contributed by atoms with van der Waals surface area (Å²) in [5.41, 5.74) is 1.27. The lowest BCUT2D eigenvalue weighted by Crippen LogP contribution is -2.47. The molecule has 10 heteroatoms. The Labute approximate surface area is 198 Å². The molecule has 0 unspecified atom stereocenters. The fourth-order valence-electron chi connectivity index (χ4n) is 3.52. The van der Waals surface area contributed by atoms with Gasteiger partial charge in [0.05, 0.1) is 27.7 Å². The first kappa shape index (κ1) is 23.3. The molecule has 1 heterocycles.